The molecule has 1 aromatic rings. The van der Waals surface area contributed by atoms with Crippen molar-refractivity contribution in [2.75, 3.05) is 41.3 Å². The zero-order chi connectivity index (χ0) is 16.2. The molecule has 0 saturated heterocycles. The predicted molar refractivity (Wildman–Crippen MR) is 88.2 cm³/mol. The van der Waals surface area contributed by atoms with Crippen molar-refractivity contribution in [1.82, 2.24) is 9.80 Å². The fraction of sp³-hybridized carbons (Fsp3) is 0.647. The van der Waals surface area contributed by atoms with Gasteiger partial charge in [-0.15, -0.1) is 0 Å². The summed E-state index contributed by atoms with van der Waals surface area (Å²) in [4.78, 5) is 4.36. The molecule has 21 heavy (non-hydrogen) atoms. The summed E-state index contributed by atoms with van der Waals surface area (Å²) in [6, 6.07) is 3.86. The van der Waals surface area contributed by atoms with Crippen LogP contribution in [0.25, 0.3) is 0 Å². The van der Waals surface area contributed by atoms with Crippen LogP contribution in [0.1, 0.15) is 31.9 Å². The molecule has 0 radical (unpaired) electrons. The van der Waals surface area contributed by atoms with Crippen molar-refractivity contribution in [3.8, 4) is 11.5 Å². The Kier molecular flexibility index (Phi) is 6.05. The Hall–Kier alpha value is -1.26. The van der Waals surface area contributed by atoms with Crippen LogP contribution in [0.3, 0.4) is 0 Å². The Labute approximate surface area is 129 Å². The highest BCUT2D eigenvalue weighted by atomic mass is 16.5. The van der Waals surface area contributed by atoms with Gasteiger partial charge in [0.05, 0.1) is 7.11 Å². The zero-order valence-corrected chi connectivity index (χ0v) is 14.5. The molecule has 0 bridgehead atoms. The average molecular weight is 294 g/mol. The lowest BCUT2D eigenvalue weighted by Crippen LogP contribution is -2.28. The molecule has 0 atom stereocenters. The van der Waals surface area contributed by atoms with Crippen LogP contribution in [0.15, 0.2) is 12.1 Å². The maximum Gasteiger partial charge on any atom is 0.124 e. The van der Waals surface area contributed by atoms with Gasteiger partial charge in [0, 0.05) is 30.8 Å². The first-order chi connectivity index (χ1) is 9.65. The van der Waals surface area contributed by atoms with Gasteiger partial charge in [-0.25, -0.2) is 0 Å². The van der Waals surface area contributed by atoms with Crippen molar-refractivity contribution >= 4 is 0 Å². The highest BCUT2D eigenvalue weighted by molar-refractivity contribution is 5.49. The van der Waals surface area contributed by atoms with Gasteiger partial charge in [-0.05, 0) is 38.7 Å². The third-order valence-corrected chi connectivity index (χ3v) is 3.58. The minimum atomic E-state index is -0.115. The highest BCUT2D eigenvalue weighted by Gasteiger charge is 2.22. The summed E-state index contributed by atoms with van der Waals surface area (Å²) in [6.07, 6.45) is 0. The largest absolute Gasteiger partial charge is 0.507 e. The molecule has 0 aliphatic heterocycles. The molecule has 0 fully saturated rings. The highest BCUT2D eigenvalue weighted by Crippen LogP contribution is 2.37. The van der Waals surface area contributed by atoms with Crippen LogP contribution >= 0.6 is 0 Å². The Morgan fingerprint density at radius 1 is 1.10 bits per heavy atom. The van der Waals surface area contributed by atoms with Gasteiger partial charge >= 0.3 is 0 Å². The van der Waals surface area contributed by atoms with Gasteiger partial charge < -0.3 is 19.6 Å². The van der Waals surface area contributed by atoms with Crippen LogP contribution in [0.5, 0.6) is 11.5 Å². The molecule has 0 aromatic heterocycles. The number of benzene rings is 1. The molecule has 1 aromatic carbocycles. The summed E-state index contributed by atoms with van der Waals surface area (Å²) in [5.74, 6) is 1.19. The van der Waals surface area contributed by atoms with Crippen molar-refractivity contribution in [3.05, 3.63) is 23.3 Å². The van der Waals surface area contributed by atoms with E-state index in [2.05, 4.69) is 51.7 Å². The molecule has 0 aliphatic rings. The summed E-state index contributed by atoms with van der Waals surface area (Å²) in [7, 11) is 7.86. The van der Waals surface area contributed by atoms with E-state index in [4.69, 9.17) is 4.74 Å². The number of methoxy groups -OCH3 is 1. The van der Waals surface area contributed by atoms with Gasteiger partial charge in [0.1, 0.15) is 11.5 Å². The van der Waals surface area contributed by atoms with Crippen molar-refractivity contribution in [2.45, 2.75) is 32.7 Å². The Balaban J connectivity index is 3.01. The molecule has 1 N–H and O–H groups in total. The van der Waals surface area contributed by atoms with Gasteiger partial charge in [0.25, 0.3) is 0 Å². The van der Waals surface area contributed by atoms with E-state index in [1.807, 2.05) is 12.1 Å². The first-order valence-electron chi connectivity index (χ1n) is 7.38. The fourth-order valence-corrected chi connectivity index (χ4v) is 2.22. The molecule has 0 aliphatic carbocycles. The molecule has 1 rings (SSSR count). The predicted octanol–water partition coefficient (Wildman–Crippen LogP) is 2.69. The van der Waals surface area contributed by atoms with Gasteiger partial charge in [0.2, 0.25) is 0 Å². The van der Waals surface area contributed by atoms with Gasteiger partial charge in [0.15, 0.2) is 0 Å². The zero-order valence-electron chi connectivity index (χ0n) is 14.5. The second kappa shape index (κ2) is 7.14. The summed E-state index contributed by atoms with van der Waals surface area (Å²) in [6.45, 7) is 8.95. The molecule has 0 amide bonds. The molecule has 120 valence electrons. The topological polar surface area (TPSA) is 35.9 Å². The number of likely N-dealkylation sites (N-methyl/N-ethyl adjacent to an activating group) is 2. The Morgan fingerprint density at radius 2 is 1.71 bits per heavy atom. The number of nitrogens with zero attached hydrogens (tertiary/aromatic N) is 2. The van der Waals surface area contributed by atoms with Crippen LogP contribution < -0.4 is 4.74 Å². The maximum atomic E-state index is 10.6. The third kappa shape index (κ3) is 5.21. The number of hydrogen-bond acceptors (Lipinski definition) is 4. The average Bonchev–Trinajstić information content (AvgIpc) is 2.37. The van der Waals surface area contributed by atoms with Crippen molar-refractivity contribution in [1.29, 1.82) is 0 Å². The molecule has 0 saturated carbocycles. The van der Waals surface area contributed by atoms with E-state index in [9.17, 15) is 5.11 Å². The standard InChI is InChI=1S/C17H30N2O2/c1-17(2,3)15-11-14(21-7)10-13(16(15)20)12-19(6)9-8-18(4)5/h10-11,20H,8-9,12H2,1-7H3. The van der Waals surface area contributed by atoms with E-state index in [1.54, 1.807) is 7.11 Å². The van der Waals surface area contributed by atoms with E-state index in [-0.39, 0.29) is 5.41 Å². The Bertz CT molecular complexity index is 465. The lowest BCUT2D eigenvalue weighted by molar-refractivity contribution is 0.272. The van der Waals surface area contributed by atoms with Crippen molar-refractivity contribution in [2.24, 2.45) is 0 Å². The second-order valence-electron chi connectivity index (χ2n) is 6.97. The van der Waals surface area contributed by atoms with Crippen LogP contribution in [-0.4, -0.2) is 56.2 Å². The quantitative estimate of drug-likeness (QED) is 0.875. The van der Waals surface area contributed by atoms with E-state index in [0.29, 0.717) is 12.3 Å². The van der Waals surface area contributed by atoms with E-state index in [1.165, 1.54) is 0 Å². The summed E-state index contributed by atoms with van der Waals surface area (Å²) in [5.41, 5.74) is 1.73. The number of phenolic OH excluding ortho intramolecular Hbond substituents is 1. The fourth-order valence-electron chi connectivity index (χ4n) is 2.22. The number of aromatic hydroxyl groups is 1. The Morgan fingerprint density at radius 3 is 2.19 bits per heavy atom. The molecular formula is C17H30N2O2. The minimum Gasteiger partial charge on any atom is -0.507 e. The summed E-state index contributed by atoms with van der Waals surface area (Å²) >= 11 is 0. The number of hydrogen-bond donors (Lipinski definition) is 1. The first-order valence-corrected chi connectivity index (χ1v) is 7.38. The van der Waals surface area contributed by atoms with Gasteiger partial charge in [-0.3, -0.25) is 0 Å². The molecule has 4 nitrogen and oxygen atoms in total. The first kappa shape index (κ1) is 17.8. The molecule has 0 unspecified atom stereocenters. The number of ether oxygens (including phenoxy) is 1. The summed E-state index contributed by atoms with van der Waals surface area (Å²) in [5, 5.41) is 10.6. The number of phenols is 1. The minimum absolute atomic E-state index is 0.115. The molecular weight excluding hydrogens is 264 g/mol. The maximum absolute atomic E-state index is 10.6. The van der Waals surface area contributed by atoms with Crippen LogP contribution in [0.2, 0.25) is 0 Å². The SMILES string of the molecule is COc1cc(CN(C)CCN(C)C)c(O)c(C(C)(C)C)c1. The lowest BCUT2D eigenvalue weighted by atomic mass is 9.85. The lowest BCUT2D eigenvalue weighted by Gasteiger charge is -2.25. The van der Waals surface area contributed by atoms with Crippen molar-refractivity contribution in [3.63, 3.8) is 0 Å². The van der Waals surface area contributed by atoms with Gasteiger partial charge in [-0.2, -0.15) is 0 Å². The van der Waals surface area contributed by atoms with Crippen molar-refractivity contribution < 1.29 is 9.84 Å². The van der Waals surface area contributed by atoms with E-state index < -0.39 is 0 Å². The van der Waals surface area contributed by atoms with E-state index >= 15 is 0 Å². The molecule has 0 spiro atoms. The summed E-state index contributed by atoms with van der Waals surface area (Å²) < 4.78 is 5.39. The molecule has 0 heterocycles. The smallest absolute Gasteiger partial charge is 0.124 e. The second-order valence-corrected chi connectivity index (χ2v) is 6.97. The van der Waals surface area contributed by atoms with Crippen LogP contribution in [0, 0.1) is 0 Å². The van der Waals surface area contributed by atoms with E-state index in [0.717, 1.165) is 30.0 Å². The van der Waals surface area contributed by atoms with Crippen LogP contribution in [-0.2, 0) is 12.0 Å². The normalized spacial score (nSPS) is 12.2. The van der Waals surface area contributed by atoms with Gasteiger partial charge in [-0.1, -0.05) is 20.8 Å². The monoisotopic (exact) mass is 294 g/mol. The third-order valence-electron chi connectivity index (χ3n) is 3.58. The van der Waals surface area contributed by atoms with Crippen LogP contribution in [0.4, 0.5) is 0 Å². The number of rotatable bonds is 6. The molecule has 4 heteroatoms.